The number of carbonyl (C=O) groups excluding carboxylic acids is 3. The van der Waals surface area contributed by atoms with Crippen LogP contribution in [0.25, 0.3) is 0 Å². The molecule has 0 unspecified atom stereocenters. The van der Waals surface area contributed by atoms with Gasteiger partial charge in [0.1, 0.15) is 11.6 Å². The fourth-order valence-corrected chi connectivity index (χ4v) is 3.53. The average Bonchev–Trinajstić information content (AvgIpc) is 2.91. The zero-order valence-electron chi connectivity index (χ0n) is 15.0. The van der Waals surface area contributed by atoms with Gasteiger partial charge in [-0.05, 0) is 52.9 Å². The van der Waals surface area contributed by atoms with Crippen LogP contribution in [0.3, 0.4) is 0 Å². The number of alkyl carbamates (subject to hydrolysis) is 1. The quantitative estimate of drug-likeness (QED) is 0.790. The van der Waals surface area contributed by atoms with Gasteiger partial charge in [-0.1, -0.05) is 0 Å². The van der Waals surface area contributed by atoms with Crippen molar-refractivity contribution in [2.75, 3.05) is 13.7 Å². The second-order valence-electron chi connectivity index (χ2n) is 7.51. The highest BCUT2D eigenvalue weighted by atomic mass is 16.6. The molecule has 0 spiro atoms. The fourth-order valence-electron chi connectivity index (χ4n) is 3.53. The summed E-state index contributed by atoms with van der Waals surface area (Å²) in [4.78, 5) is 38.0. The van der Waals surface area contributed by atoms with Crippen LogP contribution >= 0.6 is 0 Å². The molecule has 2 saturated heterocycles. The lowest BCUT2D eigenvalue weighted by Gasteiger charge is -2.37. The molecule has 0 radical (unpaired) electrons. The normalized spacial score (nSPS) is 26.8. The third kappa shape index (κ3) is 4.39. The molecule has 2 amide bonds. The smallest absolute Gasteiger partial charge is 0.407 e. The lowest BCUT2D eigenvalue weighted by atomic mass is 9.90. The van der Waals surface area contributed by atoms with E-state index in [1.165, 1.54) is 7.11 Å². The highest BCUT2D eigenvalue weighted by Gasteiger charge is 2.46. The third-order valence-electron chi connectivity index (χ3n) is 4.59. The lowest BCUT2D eigenvalue weighted by molar-refractivity contribution is -0.156. The molecule has 3 atom stereocenters. The van der Waals surface area contributed by atoms with Crippen molar-refractivity contribution in [3.05, 3.63) is 0 Å². The van der Waals surface area contributed by atoms with Crippen molar-refractivity contribution in [2.45, 2.75) is 70.6 Å². The first kappa shape index (κ1) is 18.5. The average molecular weight is 340 g/mol. The summed E-state index contributed by atoms with van der Waals surface area (Å²) in [6.45, 7) is 5.79. The van der Waals surface area contributed by atoms with Crippen LogP contribution in [0.1, 0.15) is 52.9 Å². The molecular weight excluding hydrogens is 312 g/mol. The number of fused-ring (bicyclic) bond motifs is 1. The molecule has 7 nitrogen and oxygen atoms in total. The second kappa shape index (κ2) is 7.40. The molecule has 24 heavy (non-hydrogen) atoms. The Morgan fingerprint density at radius 3 is 2.50 bits per heavy atom. The summed E-state index contributed by atoms with van der Waals surface area (Å²) in [5, 5.41) is 2.69. The molecule has 0 saturated carbocycles. The second-order valence-corrected chi connectivity index (χ2v) is 7.51. The number of methoxy groups -OCH3 is 1. The number of nitrogens with one attached hydrogen (secondary N) is 1. The van der Waals surface area contributed by atoms with Crippen LogP contribution in [0.2, 0.25) is 0 Å². The number of piperidine rings is 1. The Balaban J connectivity index is 1.86. The number of ether oxygens (including phenoxy) is 2. The summed E-state index contributed by atoms with van der Waals surface area (Å²) >= 11 is 0. The predicted molar refractivity (Wildman–Crippen MR) is 87.2 cm³/mol. The largest absolute Gasteiger partial charge is 0.467 e. The van der Waals surface area contributed by atoms with Gasteiger partial charge in [-0.25, -0.2) is 9.59 Å². The molecule has 7 heteroatoms. The fraction of sp³-hybridized carbons (Fsp3) is 0.824. The zero-order chi connectivity index (χ0) is 17.9. The Bertz CT molecular complexity index is 500. The summed E-state index contributed by atoms with van der Waals surface area (Å²) < 4.78 is 10.00. The minimum absolute atomic E-state index is 0.00476. The van der Waals surface area contributed by atoms with Crippen molar-refractivity contribution in [3.8, 4) is 0 Å². The van der Waals surface area contributed by atoms with Gasteiger partial charge < -0.3 is 19.7 Å². The van der Waals surface area contributed by atoms with Crippen molar-refractivity contribution in [3.63, 3.8) is 0 Å². The van der Waals surface area contributed by atoms with E-state index >= 15 is 0 Å². The summed E-state index contributed by atoms with van der Waals surface area (Å²) in [6.07, 6.45) is 3.30. The molecule has 2 fully saturated rings. The Labute approximate surface area is 143 Å². The minimum atomic E-state index is -0.540. The van der Waals surface area contributed by atoms with E-state index in [1.807, 2.05) is 0 Å². The first-order valence-corrected chi connectivity index (χ1v) is 8.60. The van der Waals surface area contributed by atoms with E-state index in [2.05, 4.69) is 5.32 Å². The molecule has 0 aromatic carbocycles. The number of hydrogen-bond acceptors (Lipinski definition) is 5. The maximum absolute atomic E-state index is 12.7. The number of nitrogens with zero attached hydrogens (tertiary/aromatic N) is 1. The SMILES string of the molecule is COC(=O)[C@@H]1CC[C@H]2CC[C@@H](CCNC(=O)OC(C)(C)C)C(=O)N21. The molecule has 0 aromatic heterocycles. The van der Waals surface area contributed by atoms with Gasteiger partial charge in [-0.2, -0.15) is 0 Å². The van der Waals surface area contributed by atoms with Crippen LogP contribution in [-0.2, 0) is 19.1 Å². The molecule has 2 heterocycles. The highest BCUT2D eigenvalue weighted by Crippen LogP contribution is 2.36. The molecule has 2 rings (SSSR count). The van der Waals surface area contributed by atoms with Crippen molar-refractivity contribution >= 4 is 18.0 Å². The van der Waals surface area contributed by atoms with Crippen LogP contribution in [-0.4, -0.2) is 54.2 Å². The zero-order valence-corrected chi connectivity index (χ0v) is 15.0. The Kier molecular flexibility index (Phi) is 5.72. The monoisotopic (exact) mass is 340 g/mol. The van der Waals surface area contributed by atoms with E-state index in [-0.39, 0.29) is 23.8 Å². The maximum Gasteiger partial charge on any atom is 0.407 e. The molecule has 0 aliphatic carbocycles. The number of hydrogen-bond donors (Lipinski definition) is 1. The molecule has 0 aromatic rings. The molecule has 1 N–H and O–H groups in total. The standard InChI is InChI=1S/C17H28N2O5/c1-17(2,3)24-16(22)18-10-9-11-5-6-12-7-8-13(15(21)23-4)19(12)14(11)20/h11-13H,5-10H2,1-4H3,(H,18,22)/t11-,12+,13-/m0/s1. The van der Waals surface area contributed by atoms with Crippen LogP contribution in [0.4, 0.5) is 4.79 Å². The number of rotatable bonds is 4. The summed E-state index contributed by atoms with van der Waals surface area (Å²) in [5.74, 6) is -0.495. The lowest BCUT2D eigenvalue weighted by Crippen LogP contribution is -2.51. The Morgan fingerprint density at radius 2 is 1.88 bits per heavy atom. The summed E-state index contributed by atoms with van der Waals surface area (Å²) in [6, 6.07) is -0.300. The number of carbonyl (C=O) groups is 3. The Hall–Kier alpha value is -1.79. The first-order valence-electron chi connectivity index (χ1n) is 8.60. The van der Waals surface area contributed by atoms with Crippen molar-refractivity contribution < 1.29 is 23.9 Å². The molecular formula is C17H28N2O5. The van der Waals surface area contributed by atoms with E-state index in [0.717, 1.165) is 19.3 Å². The van der Waals surface area contributed by atoms with Crippen molar-refractivity contribution in [1.82, 2.24) is 10.2 Å². The summed E-state index contributed by atoms with van der Waals surface area (Å²) in [5.41, 5.74) is -0.540. The van der Waals surface area contributed by atoms with Gasteiger partial charge in [0.2, 0.25) is 5.91 Å². The minimum Gasteiger partial charge on any atom is -0.467 e. The van der Waals surface area contributed by atoms with Crippen molar-refractivity contribution in [1.29, 1.82) is 0 Å². The van der Waals surface area contributed by atoms with E-state index in [1.54, 1.807) is 25.7 Å². The maximum atomic E-state index is 12.7. The Morgan fingerprint density at radius 1 is 1.21 bits per heavy atom. The molecule has 0 bridgehead atoms. The van der Waals surface area contributed by atoms with Gasteiger partial charge in [0.15, 0.2) is 0 Å². The van der Waals surface area contributed by atoms with E-state index < -0.39 is 17.7 Å². The van der Waals surface area contributed by atoms with E-state index in [9.17, 15) is 14.4 Å². The van der Waals surface area contributed by atoms with Gasteiger partial charge in [0.25, 0.3) is 0 Å². The van der Waals surface area contributed by atoms with E-state index in [0.29, 0.717) is 19.4 Å². The van der Waals surface area contributed by atoms with Crippen molar-refractivity contribution in [2.24, 2.45) is 5.92 Å². The van der Waals surface area contributed by atoms with E-state index in [4.69, 9.17) is 9.47 Å². The van der Waals surface area contributed by atoms with Crippen LogP contribution in [0, 0.1) is 5.92 Å². The number of esters is 1. The third-order valence-corrected chi connectivity index (χ3v) is 4.59. The topological polar surface area (TPSA) is 84.9 Å². The van der Waals surface area contributed by atoms with Gasteiger partial charge in [0.05, 0.1) is 7.11 Å². The first-order chi connectivity index (χ1) is 11.2. The molecule has 2 aliphatic rings. The van der Waals surface area contributed by atoms with Gasteiger partial charge in [-0.3, -0.25) is 4.79 Å². The number of amides is 2. The van der Waals surface area contributed by atoms with Crippen LogP contribution in [0.15, 0.2) is 0 Å². The van der Waals surface area contributed by atoms with Crippen LogP contribution < -0.4 is 5.32 Å². The predicted octanol–water partition coefficient (Wildman–Crippen LogP) is 1.84. The van der Waals surface area contributed by atoms with Crippen LogP contribution in [0.5, 0.6) is 0 Å². The summed E-state index contributed by atoms with van der Waals surface area (Å²) in [7, 11) is 1.35. The van der Waals surface area contributed by atoms with Gasteiger partial charge in [0, 0.05) is 18.5 Å². The van der Waals surface area contributed by atoms with Gasteiger partial charge in [-0.15, -0.1) is 0 Å². The highest BCUT2D eigenvalue weighted by molar-refractivity contribution is 5.87. The van der Waals surface area contributed by atoms with Gasteiger partial charge >= 0.3 is 12.1 Å². The molecule has 2 aliphatic heterocycles. The molecule has 136 valence electrons.